The van der Waals surface area contributed by atoms with E-state index >= 15 is 0 Å². The molecule has 1 aromatic carbocycles. The normalized spacial score (nSPS) is 13.4. The van der Waals surface area contributed by atoms with E-state index in [4.69, 9.17) is 23.2 Å². The number of nitrogens with one attached hydrogen (secondary N) is 2. The van der Waals surface area contributed by atoms with Crippen LogP contribution in [0.3, 0.4) is 0 Å². The Kier molecular flexibility index (Phi) is 5.50. The molecule has 2 aromatic heterocycles. The highest BCUT2D eigenvalue weighted by atomic mass is 35.5. The van der Waals surface area contributed by atoms with E-state index in [1.54, 1.807) is 10.7 Å². The lowest BCUT2D eigenvalue weighted by Crippen LogP contribution is -2.30. The predicted molar refractivity (Wildman–Crippen MR) is 111 cm³/mol. The van der Waals surface area contributed by atoms with Gasteiger partial charge in [0.15, 0.2) is 0 Å². The molecule has 1 aliphatic rings. The molecule has 28 heavy (non-hydrogen) atoms. The summed E-state index contributed by atoms with van der Waals surface area (Å²) in [6, 6.07) is 13.2. The lowest BCUT2D eigenvalue weighted by atomic mass is 10.2. The Morgan fingerprint density at radius 1 is 1.14 bits per heavy atom. The zero-order chi connectivity index (χ0) is 19.5. The standard InChI is InChI=1S/C20H19Cl2N5O/c21-14-10-16(22)19(25-12-14)23-8-9-24-20(28)18-11-17(13-6-7-13)26-27(18)15-4-2-1-3-5-15/h1-5,10-13H,6-9H2,(H,23,25)(H,24,28). The summed E-state index contributed by atoms with van der Waals surface area (Å²) >= 11 is 11.9. The number of hydrogen-bond donors (Lipinski definition) is 2. The summed E-state index contributed by atoms with van der Waals surface area (Å²) in [5, 5.41) is 11.6. The average molecular weight is 416 g/mol. The molecule has 1 amide bonds. The van der Waals surface area contributed by atoms with Crippen LogP contribution in [0.15, 0.2) is 48.7 Å². The second kappa shape index (κ2) is 8.20. The van der Waals surface area contributed by atoms with Gasteiger partial charge in [-0.3, -0.25) is 4.79 Å². The molecular formula is C20H19Cl2N5O. The first-order valence-electron chi connectivity index (χ1n) is 9.10. The molecule has 0 saturated heterocycles. The maximum Gasteiger partial charge on any atom is 0.270 e. The van der Waals surface area contributed by atoms with Crippen molar-refractivity contribution in [3.8, 4) is 5.69 Å². The fourth-order valence-electron chi connectivity index (χ4n) is 2.90. The number of nitrogens with zero attached hydrogens (tertiary/aromatic N) is 3. The van der Waals surface area contributed by atoms with Gasteiger partial charge in [-0.1, -0.05) is 41.4 Å². The molecule has 1 aliphatic carbocycles. The Bertz CT molecular complexity index is 986. The molecule has 8 heteroatoms. The molecule has 6 nitrogen and oxygen atoms in total. The highest BCUT2D eigenvalue weighted by molar-refractivity contribution is 6.35. The van der Waals surface area contributed by atoms with E-state index in [0.29, 0.717) is 40.6 Å². The molecule has 4 rings (SSSR count). The van der Waals surface area contributed by atoms with Crippen molar-refractivity contribution in [3.63, 3.8) is 0 Å². The Morgan fingerprint density at radius 3 is 2.64 bits per heavy atom. The van der Waals surface area contributed by atoms with Crippen molar-refractivity contribution in [1.82, 2.24) is 20.1 Å². The van der Waals surface area contributed by atoms with Crippen molar-refractivity contribution in [2.45, 2.75) is 18.8 Å². The van der Waals surface area contributed by atoms with E-state index in [1.807, 2.05) is 36.4 Å². The largest absolute Gasteiger partial charge is 0.367 e. The SMILES string of the molecule is O=C(NCCNc1ncc(Cl)cc1Cl)c1cc(C2CC2)nn1-c1ccccc1. The van der Waals surface area contributed by atoms with E-state index in [1.165, 1.54) is 6.20 Å². The number of hydrogen-bond acceptors (Lipinski definition) is 4. The van der Waals surface area contributed by atoms with Crippen molar-refractivity contribution in [1.29, 1.82) is 0 Å². The molecule has 0 atom stereocenters. The third kappa shape index (κ3) is 4.29. The fourth-order valence-corrected chi connectivity index (χ4v) is 3.34. The van der Waals surface area contributed by atoms with Gasteiger partial charge in [0.25, 0.3) is 5.91 Å². The van der Waals surface area contributed by atoms with Crippen LogP contribution in [0.4, 0.5) is 5.82 Å². The summed E-state index contributed by atoms with van der Waals surface area (Å²) < 4.78 is 1.72. The minimum absolute atomic E-state index is 0.166. The molecule has 3 aromatic rings. The number of halogens is 2. The minimum Gasteiger partial charge on any atom is -0.367 e. The molecule has 0 aliphatic heterocycles. The van der Waals surface area contributed by atoms with E-state index in [-0.39, 0.29) is 5.91 Å². The van der Waals surface area contributed by atoms with Crippen LogP contribution in [-0.4, -0.2) is 33.8 Å². The molecule has 1 fully saturated rings. The summed E-state index contributed by atoms with van der Waals surface area (Å²) in [4.78, 5) is 16.9. The number of pyridine rings is 1. The second-order valence-electron chi connectivity index (χ2n) is 6.64. The number of rotatable bonds is 7. The van der Waals surface area contributed by atoms with Gasteiger partial charge in [-0.25, -0.2) is 9.67 Å². The maximum absolute atomic E-state index is 12.8. The fraction of sp³-hybridized carbons (Fsp3) is 0.250. The van der Waals surface area contributed by atoms with Crippen LogP contribution in [0.1, 0.15) is 34.9 Å². The number of aromatic nitrogens is 3. The van der Waals surface area contributed by atoms with Crippen LogP contribution in [0, 0.1) is 0 Å². The monoisotopic (exact) mass is 415 g/mol. The van der Waals surface area contributed by atoms with Crippen LogP contribution < -0.4 is 10.6 Å². The van der Waals surface area contributed by atoms with Crippen molar-refractivity contribution >= 4 is 34.9 Å². The van der Waals surface area contributed by atoms with Gasteiger partial charge in [-0.05, 0) is 37.1 Å². The molecule has 1 saturated carbocycles. The Hall–Kier alpha value is -2.57. The second-order valence-corrected chi connectivity index (χ2v) is 7.49. The first-order valence-corrected chi connectivity index (χ1v) is 9.86. The number of amides is 1. The van der Waals surface area contributed by atoms with Gasteiger partial charge in [0.2, 0.25) is 0 Å². The summed E-state index contributed by atoms with van der Waals surface area (Å²) in [5.41, 5.74) is 2.38. The average Bonchev–Trinajstić information content (AvgIpc) is 3.45. The summed E-state index contributed by atoms with van der Waals surface area (Å²) in [6.07, 6.45) is 3.78. The van der Waals surface area contributed by atoms with Gasteiger partial charge in [0.1, 0.15) is 11.5 Å². The van der Waals surface area contributed by atoms with Crippen molar-refractivity contribution in [3.05, 3.63) is 70.1 Å². The van der Waals surface area contributed by atoms with Gasteiger partial charge in [0.05, 0.1) is 21.4 Å². The number of benzene rings is 1. The van der Waals surface area contributed by atoms with Crippen molar-refractivity contribution in [2.24, 2.45) is 0 Å². The first-order chi connectivity index (χ1) is 13.6. The van der Waals surface area contributed by atoms with Crippen LogP contribution >= 0.6 is 23.2 Å². The predicted octanol–water partition coefficient (Wildman–Crippen LogP) is 4.29. The summed E-state index contributed by atoms with van der Waals surface area (Å²) in [5.74, 6) is 0.835. The van der Waals surface area contributed by atoms with E-state index in [0.717, 1.165) is 24.2 Å². The Balaban J connectivity index is 1.41. The lowest BCUT2D eigenvalue weighted by Gasteiger charge is -2.10. The summed E-state index contributed by atoms with van der Waals surface area (Å²) in [6.45, 7) is 0.896. The number of anilines is 1. The quantitative estimate of drug-likeness (QED) is 0.564. The number of carbonyl (C=O) groups is 1. The zero-order valence-electron chi connectivity index (χ0n) is 15.0. The van der Waals surface area contributed by atoms with Gasteiger partial charge in [0, 0.05) is 25.2 Å². The Morgan fingerprint density at radius 2 is 1.93 bits per heavy atom. The topological polar surface area (TPSA) is 71.8 Å². The van der Waals surface area contributed by atoms with E-state index in [9.17, 15) is 4.79 Å². The first kappa shape index (κ1) is 18.8. The van der Waals surface area contributed by atoms with Crippen LogP contribution in [0.2, 0.25) is 10.0 Å². The molecule has 2 heterocycles. The molecular weight excluding hydrogens is 397 g/mol. The zero-order valence-corrected chi connectivity index (χ0v) is 16.5. The molecule has 0 radical (unpaired) electrons. The molecule has 0 unspecified atom stereocenters. The van der Waals surface area contributed by atoms with Gasteiger partial charge >= 0.3 is 0 Å². The maximum atomic E-state index is 12.8. The highest BCUT2D eigenvalue weighted by Crippen LogP contribution is 2.39. The third-order valence-electron chi connectivity index (χ3n) is 4.47. The number of carbonyl (C=O) groups excluding carboxylic acids is 1. The van der Waals surface area contributed by atoms with Crippen LogP contribution in [-0.2, 0) is 0 Å². The molecule has 2 N–H and O–H groups in total. The molecule has 0 spiro atoms. The van der Waals surface area contributed by atoms with Crippen molar-refractivity contribution < 1.29 is 4.79 Å². The highest BCUT2D eigenvalue weighted by Gasteiger charge is 2.28. The van der Waals surface area contributed by atoms with Gasteiger partial charge < -0.3 is 10.6 Å². The van der Waals surface area contributed by atoms with Crippen molar-refractivity contribution in [2.75, 3.05) is 18.4 Å². The van der Waals surface area contributed by atoms with Crippen LogP contribution in [0.25, 0.3) is 5.69 Å². The number of para-hydroxylation sites is 1. The van der Waals surface area contributed by atoms with E-state index in [2.05, 4.69) is 20.7 Å². The minimum atomic E-state index is -0.166. The van der Waals surface area contributed by atoms with Crippen LogP contribution in [0.5, 0.6) is 0 Å². The summed E-state index contributed by atoms with van der Waals surface area (Å²) in [7, 11) is 0. The van der Waals surface area contributed by atoms with E-state index < -0.39 is 0 Å². The van der Waals surface area contributed by atoms with Gasteiger partial charge in [-0.15, -0.1) is 0 Å². The smallest absolute Gasteiger partial charge is 0.270 e. The molecule has 0 bridgehead atoms. The Labute approximate surface area is 172 Å². The molecule has 144 valence electrons. The van der Waals surface area contributed by atoms with Gasteiger partial charge in [-0.2, -0.15) is 5.10 Å². The third-order valence-corrected chi connectivity index (χ3v) is 4.96. The lowest BCUT2D eigenvalue weighted by molar-refractivity contribution is 0.0947.